The van der Waals surface area contributed by atoms with Crippen molar-refractivity contribution in [3.8, 4) is 0 Å². The van der Waals surface area contributed by atoms with Crippen LogP contribution in [-0.4, -0.2) is 30.6 Å². The van der Waals surface area contributed by atoms with E-state index in [0.717, 1.165) is 3.79 Å². The second-order valence-corrected chi connectivity index (χ2v) is 8.83. The van der Waals surface area contributed by atoms with Crippen LogP contribution in [0.4, 0.5) is 0 Å². The minimum Gasteiger partial charge on any atom is -0.206 e. The maximum Gasteiger partial charge on any atom is 0.252 e. The van der Waals surface area contributed by atoms with Gasteiger partial charge in [-0.3, -0.25) is 0 Å². The molecule has 0 fully saturated rings. The number of thiophene rings is 1. The van der Waals surface area contributed by atoms with Crippen LogP contribution in [0, 0.1) is 0 Å². The Labute approximate surface area is 117 Å². The van der Waals surface area contributed by atoms with Crippen LogP contribution in [0.2, 0.25) is 0 Å². The second kappa shape index (κ2) is 5.95. The number of halogens is 2. The van der Waals surface area contributed by atoms with Crippen LogP contribution in [0.5, 0.6) is 0 Å². The maximum atomic E-state index is 12.3. The lowest BCUT2D eigenvalue weighted by atomic mass is 10.4. The van der Waals surface area contributed by atoms with Crippen molar-refractivity contribution in [1.82, 2.24) is 4.31 Å². The molecule has 16 heavy (non-hydrogen) atoms. The molecule has 1 aromatic rings. The first kappa shape index (κ1) is 14.6. The van der Waals surface area contributed by atoms with Crippen molar-refractivity contribution in [3.05, 3.63) is 15.9 Å². The van der Waals surface area contributed by atoms with Crippen LogP contribution in [0.1, 0.15) is 13.8 Å². The highest BCUT2D eigenvalue weighted by atomic mass is 79.9. The zero-order chi connectivity index (χ0) is 12.3. The average molecular weight is 391 g/mol. The monoisotopic (exact) mass is 389 g/mol. The molecule has 0 unspecified atom stereocenters. The van der Waals surface area contributed by atoms with E-state index in [1.807, 2.05) is 13.8 Å². The van der Waals surface area contributed by atoms with Crippen molar-refractivity contribution >= 4 is 53.2 Å². The van der Waals surface area contributed by atoms with E-state index in [2.05, 4.69) is 31.9 Å². The minimum absolute atomic E-state index is 0.0385. The van der Waals surface area contributed by atoms with Gasteiger partial charge in [-0.1, -0.05) is 15.9 Å². The van der Waals surface area contributed by atoms with Crippen LogP contribution in [0.25, 0.3) is 0 Å². The number of sulfonamides is 1. The fraction of sp³-hybridized carbons (Fsp3) is 0.556. The van der Waals surface area contributed by atoms with Crippen LogP contribution in [0.3, 0.4) is 0 Å². The third-order valence-corrected chi connectivity index (χ3v) is 6.51. The molecule has 1 heterocycles. The molecule has 1 rings (SSSR count). The first-order chi connectivity index (χ1) is 7.39. The summed E-state index contributed by atoms with van der Waals surface area (Å²) in [4.78, 5) is 0. The predicted octanol–water partition coefficient (Wildman–Crippen LogP) is 3.30. The van der Waals surface area contributed by atoms with E-state index in [1.54, 1.807) is 12.1 Å². The Morgan fingerprint density at radius 2 is 2.06 bits per heavy atom. The summed E-state index contributed by atoms with van der Waals surface area (Å²) in [5.74, 6) is 0. The van der Waals surface area contributed by atoms with Crippen molar-refractivity contribution in [2.24, 2.45) is 0 Å². The molecule has 0 N–H and O–H groups in total. The summed E-state index contributed by atoms with van der Waals surface area (Å²) in [6.45, 7) is 4.24. The molecule has 0 aliphatic rings. The topological polar surface area (TPSA) is 37.4 Å². The van der Waals surface area contributed by atoms with Gasteiger partial charge in [-0.25, -0.2) is 8.42 Å². The van der Waals surface area contributed by atoms with Crippen molar-refractivity contribution < 1.29 is 8.42 Å². The molecule has 0 saturated carbocycles. The fourth-order valence-corrected chi connectivity index (χ4v) is 5.68. The number of hydrogen-bond acceptors (Lipinski definition) is 3. The zero-order valence-electron chi connectivity index (χ0n) is 8.98. The zero-order valence-corrected chi connectivity index (χ0v) is 13.8. The minimum atomic E-state index is -3.35. The Kier molecular flexibility index (Phi) is 5.44. The summed E-state index contributed by atoms with van der Waals surface area (Å²) in [6.07, 6.45) is 0. The van der Waals surface area contributed by atoms with Gasteiger partial charge in [-0.2, -0.15) is 4.31 Å². The molecule has 0 atom stereocenters. The van der Waals surface area contributed by atoms with E-state index in [1.165, 1.54) is 15.6 Å². The van der Waals surface area contributed by atoms with Gasteiger partial charge in [0.15, 0.2) is 0 Å². The van der Waals surface area contributed by atoms with Crippen molar-refractivity contribution in [1.29, 1.82) is 0 Å². The molecule has 0 spiro atoms. The highest BCUT2D eigenvalue weighted by Gasteiger charge is 2.27. The molecule has 1 aromatic heterocycles. The first-order valence-electron chi connectivity index (χ1n) is 4.72. The van der Waals surface area contributed by atoms with Gasteiger partial charge in [0.2, 0.25) is 0 Å². The number of hydrogen-bond donors (Lipinski definition) is 0. The Hall–Kier alpha value is 0.570. The third kappa shape index (κ3) is 3.29. The van der Waals surface area contributed by atoms with Gasteiger partial charge in [0.1, 0.15) is 4.21 Å². The van der Waals surface area contributed by atoms with E-state index >= 15 is 0 Å². The highest BCUT2D eigenvalue weighted by Crippen LogP contribution is 2.29. The highest BCUT2D eigenvalue weighted by molar-refractivity contribution is 9.11. The summed E-state index contributed by atoms with van der Waals surface area (Å²) >= 11 is 7.79. The first-order valence-corrected chi connectivity index (χ1v) is 8.90. The Morgan fingerprint density at radius 1 is 1.44 bits per heavy atom. The number of alkyl halides is 1. The standard InChI is InChI=1S/C9H13Br2NO2S2/c1-7(2)12(6-5-10)16(13,14)9-4-3-8(11)15-9/h3-4,7H,5-6H2,1-2H3. The van der Waals surface area contributed by atoms with Gasteiger partial charge in [0.25, 0.3) is 10.0 Å². The van der Waals surface area contributed by atoms with Gasteiger partial charge >= 0.3 is 0 Å². The fourth-order valence-electron chi connectivity index (χ4n) is 1.29. The average Bonchev–Trinajstić information content (AvgIpc) is 2.61. The molecule has 92 valence electrons. The van der Waals surface area contributed by atoms with E-state index in [0.29, 0.717) is 16.1 Å². The van der Waals surface area contributed by atoms with Crippen molar-refractivity contribution in [3.63, 3.8) is 0 Å². The van der Waals surface area contributed by atoms with Gasteiger partial charge in [0.05, 0.1) is 3.79 Å². The largest absolute Gasteiger partial charge is 0.252 e. The summed E-state index contributed by atoms with van der Waals surface area (Å²) in [6, 6.07) is 3.35. The van der Waals surface area contributed by atoms with Crippen LogP contribution >= 0.6 is 43.2 Å². The Bertz CT molecular complexity index is 442. The lowest BCUT2D eigenvalue weighted by molar-refractivity contribution is 0.373. The van der Waals surface area contributed by atoms with Gasteiger partial charge < -0.3 is 0 Å². The predicted molar refractivity (Wildman–Crippen MR) is 74.8 cm³/mol. The molecular formula is C9H13Br2NO2S2. The molecule has 0 aliphatic heterocycles. The number of rotatable bonds is 5. The quantitative estimate of drug-likeness (QED) is 0.723. The van der Waals surface area contributed by atoms with Gasteiger partial charge in [0, 0.05) is 17.9 Å². The summed E-state index contributed by atoms with van der Waals surface area (Å²) in [5.41, 5.74) is 0. The molecular weight excluding hydrogens is 378 g/mol. The lowest BCUT2D eigenvalue weighted by Crippen LogP contribution is -2.37. The number of nitrogens with zero attached hydrogens (tertiary/aromatic N) is 1. The van der Waals surface area contributed by atoms with Crippen LogP contribution in [0.15, 0.2) is 20.1 Å². The van der Waals surface area contributed by atoms with Gasteiger partial charge in [-0.15, -0.1) is 11.3 Å². The summed E-state index contributed by atoms with van der Waals surface area (Å²) in [5, 5.41) is 0.636. The molecule has 0 saturated heterocycles. The van der Waals surface area contributed by atoms with Crippen molar-refractivity contribution in [2.45, 2.75) is 24.1 Å². The maximum absolute atomic E-state index is 12.3. The molecule has 3 nitrogen and oxygen atoms in total. The van der Waals surface area contributed by atoms with E-state index in [4.69, 9.17) is 0 Å². The molecule has 0 bridgehead atoms. The lowest BCUT2D eigenvalue weighted by Gasteiger charge is -2.24. The van der Waals surface area contributed by atoms with E-state index in [-0.39, 0.29) is 6.04 Å². The molecule has 0 radical (unpaired) electrons. The SMILES string of the molecule is CC(C)N(CCBr)S(=O)(=O)c1ccc(Br)s1. The second-order valence-electron chi connectivity index (χ2n) is 3.46. The van der Waals surface area contributed by atoms with E-state index < -0.39 is 10.0 Å². The normalized spacial score (nSPS) is 12.6. The molecule has 7 heteroatoms. The molecule has 0 aliphatic carbocycles. The smallest absolute Gasteiger partial charge is 0.206 e. The van der Waals surface area contributed by atoms with Crippen molar-refractivity contribution in [2.75, 3.05) is 11.9 Å². The Balaban J connectivity index is 3.08. The third-order valence-electron chi connectivity index (χ3n) is 1.99. The van der Waals surface area contributed by atoms with Gasteiger partial charge in [-0.05, 0) is 41.9 Å². The van der Waals surface area contributed by atoms with Crippen LogP contribution < -0.4 is 0 Å². The molecule has 0 aromatic carbocycles. The van der Waals surface area contributed by atoms with E-state index in [9.17, 15) is 8.42 Å². The summed E-state index contributed by atoms with van der Waals surface area (Å²) in [7, 11) is -3.35. The van der Waals surface area contributed by atoms with Crippen LogP contribution in [-0.2, 0) is 10.0 Å². The molecule has 0 amide bonds. The Morgan fingerprint density at radius 3 is 2.44 bits per heavy atom. The summed E-state index contributed by atoms with van der Waals surface area (Å²) < 4.78 is 27.3.